The van der Waals surface area contributed by atoms with E-state index >= 15 is 0 Å². The first kappa shape index (κ1) is 15.7. The van der Waals surface area contributed by atoms with E-state index in [-0.39, 0.29) is 11.8 Å². The Balaban J connectivity index is 1.96. The number of amides is 2. The first-order valence-corrected chi connectivity index (χ1v) is 6.72. The van der Waals surface area contributed by atoms with Crippen LogP contribution in [0.3, 0.4) is 0 Å². The number of carbonyl (C=O) groups excluding carboxylic acids is 2. The smallest absolute Gasteiger partial charge is 0.256 e. The number of rotatable bonds is 6. The van der Waals surface area contributed by atoms with Gasteiger partial charge in [-0.15, -0.1) is 0 Å². The topological polar surface area (TPSA) is 93.5 Å². The Labute approximate surface area is 127 Å². The zero-order valence-electron chi connectivity index (χ0n) is 12.4. The molecule has 0 aliphatic heterocycles. The zero-order valence-corrected chi connectivity index (χ0v) is 12.4. The number of benzene rings is 1. The number of nitrogens with one attached hydrogen (secondary N) is 2. The molecule has 0 unspecified atom stereocenters. The molecule has 0 aliphatic rings. The maximum absolute atomic E-state index is 12.0. The molecule has 1 aromatic heterocycles. The standard InChI is InChI=1S/C15H17N3O4/c1-10-9-13(18-22-10)17-15(20)12-5-3-11(4-6-12)14(19)16-7-8-21-2/h3-6,9H,7-8H2,1-2H3,(H,16,19)(H,17,18,20). The van der Waals surface area contributed by atoms with Crippen molar-refractivity contribution in [1.29, 1.82) is 0 Å². The van der Waals surface area contributed by atoms with E-state index in [0.29, 0.717) is 35.9 Å². The molecule has 7 nitrogen and oxygen atoms in total. The van der Waals surface area contributed by atoms with E-state index in [1.807, 2.05) is 0 Å². The maximum Gasteiger partial charge on any atom is 0.256 e. The van der Waals surface area contributed by atoms with Crippen LogP contribution < -0.4 is 10.6 Å². The lowest BCUT2D eigenvalue weighted by Gasteiger charge is -2.05. The highest BCUT2D eigenvalue weighted by Crippen LogP contribution is 2.10. The second kappa shape index (κ2) is 7.37. The van der Waals surface area contributed by atoms with E-state index in [9.17, 15) is 9.59 Å². The molecule has 2 rings (SSSR count). The molecular formula is C15H17N3O4. The molecule has 2 aromatic rings. The van der Waals surface area contributed by atoms with Gasteiger partial charge in [-0.1, -0.05) is 5.16 Å². The predicted octanol–water partition coefficient (Wildman–Crippen LogP) is 1.61. The highest BCUT2D eigenvalue weighted by molar-refractivity contribution is 6.04. The van der Waals surface area contributed by atoms with Crippen LogP contribution in [0.25, 0.3) is 0 Å². The normalized spacial score (nSPS) is 10.3. The third-order valence-electron chi connectivity index (χ3n) is 2.87. The van der Waals surface area contributed by atoms with E-state index in [2.05, 4.69) is 15.8 Å². The minimum atomic E-state index is -0.320. The third kappa shape index (κ3) is 4.16. The van der Waals surface area contributed by atoms with Gasteiger partial charge < -0.3 is 19.9 Å². The molecule has 1 aromatic carbocycles. The van der Waals surface area contributed by atoms with Gasteiger partial charge in [0, 0.05) is 30.8 Å². The van der Waals surface area contributed by atoms with Crippen LogP contribution in [0.1, 0.15) is 26.5 Å². The number of aromatic nitrogens is 1. The van der Waals surface area contributed by atoms with Gasteiger partial charge in [0.05, 0.1) is 6.61 Å². The minimum absolute atomic E-state index is 0.212. The fourth-order valence-electron chi connectivity index (χ4n) is 1.76. The van der Waals surface area contributed by atoms with Gasteiger partial charge in [0.15, 0.2) is 5.82 Å². The number of ether oxygens (including phenoxy) is 1. The SMILES string of the molecule is COCCNC(=O)c1ccc(C(=O)Nc2cc(C)on2)cc1. The molecule has 0 atom stereocenters. The van der Waals surface area contributed by atoms with Gasteiger partial charge in [-0.05, 0) is 31.2 Å². The Kier molecular flexibility index (Phi) is 5.26. The van der Waals surface area contributed by atoms with E-state index < -0.39 is 0 Å². The average Bonchev–Trinajstić information content (AvgIpc) is 2.92. The number of hydrogen-bond donors (Lipinski definition) is 2. The van der Waals surface area contributed by atoms with Crippen LogP contribution >= 0.6 is 0 Å². The van der Waals surface area contributed by atoms with E-state index in [1.165, 1.54) is 0 Å². The third-order valence-corrected chi connectivity index (χ3v) is 2.87. The second-order valence-electron chi connectivity index (χ2n) is 4.60. The van der Waals surface area contributed by atoms with Crippen molar-refractivity contribution in [1.82, 2.24) is 10.5 Å². The van der Waals surface area contributed by atoms with Crippen LogP contribution in [-0.2, 0) is 4.74 Å². The zero-order chi connectivity index (χ0) is 15.9. The summed E-state index contributed by atoms with van der Waals surface area (Å²) in [5, 5.41) is 9.00. The molecule has 116 valence electrons. The lowest BCUT2D eigenvalue weighted by molar-refractivity contribution is 0.0935. The molecule has 0 aliphatic carbocycles. The van der Waals surface area contributed by atoms with E-state index in [1.54, 1.807) is 44.4 Å². The summed E-state index contributed by atoms with van der Waals surface area (Å²) in [5.41, 5.74) is 0.902. The Morgan fingerprint density at radius 2 is 1.82 bits per heavy atom. The van der Waals surface area contributed by atoms with Crippen molar-refractivity contribution in [3.8, 4) is 0 Å². The fraction of sp³-hybridized carbons (Fsp3) is 0.267. The van der Waals surface area contributed by atoms with Crippen molar-refractivity contribution >= 4 is 17.6 Å². The Hall–Kier alpha value is -2.67. The molecule has 1 heterocycles. The van der Waals surface area contributed by atoms with Gasteiger partial charge >= 0.3 is 0 Å². The largest absolute Gasteiger partial charge is 0.383 e. The summed E-state index contributed by atoms with van der Waals surface area (Å²) in [7, 11) is 1.57. The quantitative estimate of drug-likeness (QED) is 0.791. The van der Waals surface area contributed by atoms with Gasteiger partial charge in [-0.25, -0.2) is 0 Å². The van der Waals surface area contributed by atoms with E-state index in [0.717, 1.165) is 0 Å². The van der Waals surface area contributed by atoms with Crippen molar-refractivity contribution in [3.05, 3.63) is 47.2 Å². The summed E-state index contributed by atoms with van der Waals surface area (Å²) < 4.78 is 9.73. The van der Waals surface area contributed by atoms with Crippen molar-refractivity contribution in [2.24, 2.45) is 0 Å². The predicted molar refractivity (Wildman–Crippen MR) is 79.8 cm³/mol. The molecule has 2 N–H and O–H groups in total. The van der Waals surface area contributed by atoms with Gasteiger partial charge in [-0.3, -0.25) is 9.59 Å². The molecule has 0 bridgehead atoms. The van der Waals surface area contributed by atoms with Crippen LogP contribution in [0.2, 0.25) is 0 Å². The summed E-state index contributed by atoms with van der Waals surface area (Å²) in [5.74, 6) is 0.429. The molecule has 0 spiro atoms. The highest BCUT2D eigenvalue weighted by Gasteiger charge is 2.10. The number of carbonyl (C=O) groups is 2. The molecule has 2 amide bonds. The number of methoxy groups -OCH3 is 1. The summed E-state index contributed by atoms with van der Waals surface area (Å²) in [4.78, 5) is 23.8. The average molecular weight is 303 g/mol. The van der Waals surface area contributed by atoms with Gasteiger partial charge in [0.1, 0.15) is 5.76 Å². The fourth-order valence-corrected chi connectivity index (χ4v) is 1.76. The lowest BCUT2D eigenvalue weighted by atomic mass is 10.1. The van der Waals surface area contributed by atoms with Crippen LogP contribution in [0.5, 0.6) is 0 Å². The second-order valence-corrected chi connectivity index (χ2v) is 4.60. The van der Waals surface area contributed by atoms with Crippen LogP contribution in [0.4, 0.5) is 5.82 Å². The molecule has 22 heavy (non-hydrogen) atoms. The van der Waals surface area contributed by atoms with Crippen LogP contribution in [0.15, 0.2) is 34.9 Å². The Morgan fingerprint density at radius 3 is 2.36 bits per heavy atom. The van der Waals surface area contributed by atoms with Gasteiger partial charge in [0.2, 0.25) is 0 Å². The van der Waals surface area contributed by atoms with E-state index in [4.69, 9.17) is 9.26 Å². The molecule has 0 radical (unpaired) electrons. The van der Waals surface area contributed by atoms with Crippen molar-refractivity contribution < 1.29 is 18.8 Å². The molecule has 0 saturated heterocycles. The Bertz CT molecular complexity index is 649. The van der Waals surface area contributed by atoms with Gasteiger partial charge in [-0.2, -0.15) is 0 Å². The van der Waals surface area contributed by atoms with Crippen molar-refractivity contribution in [2.45, 2.75) is 6.92 Å². The van der Waals surface area contributed by atoms with Gasteiger partial charge in [0.25, 0.3) is 11.8 Å². The van der Waals surface area contributed by atoms with Crippen LogP contribution in [0, 0.1) is 6.92 Å². The van der Waals surface area contributed by atoms with Crippen molar-refractivity contribution in [3.63, 3.8) is 0 Å². The number of hydrogen-bond acceptors (Lipinski definition) is 5. The molecular weight excluding hydrogens is 286 g/mol. The molecule has 0 saturated carbocycles. The minimum Gasteiger partial charge on any atom is -0.383 e. The Morgan fingerprint density at radius 1 is 1.18 bits per heavy atom. The van der Waals surface area contributed by atoms with Crippen LogP contribution in [-0.4, -0.2) is 37.2 Å². The maximum atomic E-state index is 12.0. The summed E-state index contributed by atoms with van der Waals surface area (Å²) in [6.07, 6.45) is 0. The number of nitrogens with zero attached hydrogens (tertiary/aromatic N) is 1. The summed E-state index contributed by atoms with van der Waals surface area (Å²) in [6, 6.07) is 7.95. The highest BCUT2D eigenvalue weighted by atomic mass is 16.5. The lowest BCUT2D eigenvalue weighted by Crippen LogP contribution is -2.26. The molecule has 7 heteroatoms. The summed E-state index contributed by atoms with van der Waals surface area (Å²) >= 11 is 0. The van der Waals surface area contributed by atoms with Crippen molar-refractivity contribution in [2.75, 3.05) is 25.6 Å². The first-order chi connectivity index (χ1) is 10.6. The first-order valence-electron chi connectivity index (χ1n) is 6.72. The monoisotopic (exact) mass is 303 g/mol. The molecule has 0 fully saturated rings. The summed E-state index contributed by atoms with van der Waals surface area (Å²) in [6.45, 7) is 2.62. The number of aryl methyl sites for hydroxylation is 1. The number of anilines is 1.